The number of aromatic nitrogens is 4. The topological polar surface area (TPSA) is 89.2 Å². The molecule has 0 spiro atoms. The smallest absolute Gasteiger partial charge is 0.410 e. The van der Waals surface area contributed by atoms with E-state index in [9.17, 15) is 4.79 Å². The first-order valence-corrected chi connectivity index (χ1v) is 13.4. The quantitative estimate of drug-likeness (QED) is 0.374. The summed E-state index contributed by atoms with van der Waals surface area (Å²) in [5.41, 5.74) is 5.24. The summed E-state index contributed by atoms with van der Waals surface area (Å²) in [4.78, 5) is 14.4. The van der Waals surface area contributed by atoms with Crippen LogP contribution in [0.4, 0.5) is 20.7 Å². The molecule has 4 heterocycles. The van der Waals surface area contributed by atoms with Crippen LogP contribution in [0.25, 0.3) is 11.1 Å². The molecule has 0 saturated carbocycles. The standard InChI is InChI=1S/C29H32FN7O2/c1-35-18-22(16-32-35)21-7-8-26(25(30)15-21)33-28-24-17-31-12-9-27(24)37(34-28)23-10-13-36(14-11-23)29(38)39-19-20-5-3-2-4-6-20/h2-8,15-16,18,23,31H,9-14,17,19H2,1H3,(H,33,34). The predicted molar refractivity (Wildman–Crippen MR) is 146 cm³/mol. The van der Waals surface area contributed by atoms with Gasteiger partial charge in [-0.1, -0.05) is 36.4 Å². The number of piperidine rings is 1. The van der Waals surface area contributed by atoms with E-state index in [-0.39, 0.29) is 24.6 Å². The molecule has 0 radical (unpaired) electrons. The second kappa shape index (κ2) is 10.9. The first kappa shape index (κ1) is 25.1. The van der Waals surface area contributed by atoms with Crippen LogP contribution in [-0.2, 0) is 31.4 Å². The Morgan fingerprint density at radius 1 is 1.15 bits per heavy atom. The van der Waals surface area contributed by atoms with E-state index in [1.165, 1.54) is 11.8 Å². The number of nitrogens with zero attached hydrogens (tertiary/aromatic N) is 5. The highest BCUT2D eigenvalue weighted by Gasteiger charge is 2.30. The van der Waals surface area contributed by atoms with E-state index in [0.29, 0.717) is 31.1 Å². The van der Waals surface area contributed by atoms with Gasteiger partial charge in [-0.25, -0.2) is 9.18 Å². The van der Waals surface area contributed by atoms with E-state index in [1.54, 1.807) is 21.8 Å². The van der Waals surface area contributed by atoms with Crippen LogP contribution in [0.1, 0.15) is 35.7 Å². The van der Waals surface area contributed by atoms with Crippen molar-refractivity contribution < 1.29 is 13.9 Å². The lowest BCUT2D eigenvalue weighted by molar-refractivity contribution is 0.0819. The number of carbonyl (C=O) groups is 1. The van der Waals surface area contributed by atoms with Gasteiger partial charge in [0.15, 0.2) is 5.82 Å². The molecule has 0 unspecified atom stereocenters. The Bertz CT molecular complexity index is 1460. The van der Waals surface area contributed by atoms with E-state index in [1.807, 2.05) is 49.6 Å². The van der Waals surface area contributed by atoms with E-state index in [0.717, 1.165) is 48.1 Å². The third-order valence-corrected chi connectivity index (χ3v) is 7.49. The zero-order chi connectivity index (χ0) is 26.8. The Hall–Kier alpha value is -4.18. The maximum absolute atomic E-state index is 15.1. The molecule has 6 rings (SSSR count). The number of fused-ring (bicyclic) bond motifs is 1. The molecule has 2 N–H and O–H groups in total. The summed E-state index contributed by atoms with van der Waals surface area (Å²) in [5.74, 6) is 0.334. The molecule has 2 aromatic heterocycles. The lowest BCUT2D eigenvalue weighted by Crippen LogP contribution is -2.40. The van der Waals surface area contributed by atoms with Gasteiger partial charge in [0.1, 0.15) is 12.4 Å². The van der Waals surface area contributed by atoms with E-state index < -0.39 is 0 Å². The summed E-state index contributed by atoms with van der Waals surface area (Å²) < 4.78 is 24.4. The van der Waals surface area contributed by atoms with Crippen molar-refractivity contribution in [2.45, 2.75) is 38.5 Å². The van der Waals surface area contributed by atoms with Gasteiger partial charge in [0, 0.05) is 62.7 Å². The maximum atomic E-state index is 15.1. The summed E-state index contributed by atoms with van der Waals surface area (Å²) >= 11 is 0. The lowest BCUT2D eigenvalue weighted by Gasteiger charge is -2.32. The molecule has 202 valence electrons. The Balaban J connectivity index is 1.14. The number of hydrogen-bond acceptors (Lipinski definition) is 6. The van der Waals surface area contributed by atoms with Crippen molar-refractivity contribution in [3.8, 4) is 11.1 Å². The third kappa shape index (κ3) is 5.37. The molecule has 10 heteroatoms. The normalized spacial score (nSPS) is 15.7. The zero-order valence-corrected chi connectivity index (χ0v) is 21.9. The second-order valence-electron chi connectivity index (χ2n) is 10.1. The van der Waals surface area contributed by atoms with Gasteiger partial charge in [-0.2, -0.15) is 10.2 Å². The first-order valence-electron chi connectivity index (χ1n) is 13.4. The van der Waals surface area contributed by atoms with Crippen molar-refractivity contribution in [1.29, 1.82) is 0 Å². The molecular formula is C29H32FN7O2. The monoisotopic (exact) mass is 529 g/mol. The minimum Gasteiger partial charge on any atom is -0.445 e. The maximum Gasteiger partial charge on any atom is 0.410 e. The number of anilines is 2. The summed E-state index contributed by atoms with van der Waals surface area (Å²) in [7, 11) is 1.84. The fourth-order valence-corrected chi connectivity index (χ4v) is 5.37. The average Bonchev–Trinajstić information content (AvgIpc) is 3.57. The fraction of sp³-hybridized carbons (Fsp3) is 0.345. The molecule has 2 aliphatic heterocycles. The van der Waals surface area contributed by atoms with Gasteiger partial charge < -0.3 is 20.3 Å². The minimum absolute atomic E-state index is 0.170. The zero-order valence-electron chi connectivity index (χ0n) is 21.9. The van der Waals surface area contributed by atoms with Gasteiger partial charge in [-0.3, -0.25) is 9.36 Å². The van der Waals surface area contributed by atoms with Gasteiger partial charge in [0.25, 0.3) is 0 Å². The van der Waals surface area contributed by atoms with Crippen LogP contribution in [0.5, 0.6) is 0 Å². The highest BCUT2D eigenvalue weighted by molar-refractivity contribution is 5.69. The van der Waals surface area contributed by atoms with Crippen molar-refractivity contribution >= 4 is 17.6 Å². The number of hydrogen-bond donors (Lipinski definition) is 2. The fourth-order valence-electron chi connectivity index (χ4n) is 5.37. The van der Waals surface area contributed by atoms with Crippen molar-refractivity contribution in [2.75, 3.05) is 25.0 Å². The lowest BCUT2D eigenvalue weighted by atomic mass is 10.0. The average molecular weight is 530 g/mol. The van der Waals surface area contributed by atoms with Gasteiger partial charge in [0.2, 0.25) is 0 Å². The number of rotatable bonds is 6. The van der Waals surface area contributed by atoms with Gasteiger partial charge in [-0.15, -0.1) is 0 Å². The van der Waals surface area contributed by atoms with Crippen molar-refractivity contribution in [2.24, 2.45) is 7.05 Å². The molecule has 0 bridgehead atoms. The summed E-state index contributed by atoms with van der Waals surface area (Å²) in [6, 6.07) is 15.0. The van der Waals surface area contributed by atoms with Gasteiger partial charge in [0.05, 0.1) is 17.9 Å². The molecule has 9 nitrogen and oxygen atoms in total. The van der Waals surface area contributed by atoms with Gasteiger partial charge >= 0.3 is 6.09 Å². The third-order valence-electron chi connectivity index (χ3n) is 7.49. The Kier molecular flexibility index (Phi) is 7.02. The van der Waals surface area contributed by atoms with E-state index >= 15 is 4.39 Å². The van der Waals surface area contributed by atoms with Crippen LogP contribution >= 0.6 is 0 Å². The number of amides is 1. The molecule has 0 aliphatic carbocycles. The molecule has 2 aliphatic rings. The van der Waals surface area contributed by atoms with Crippen LogP contribution in [0, 0.1) is 5.82 Å². The van der Waals surface area contributed by atoms with Crippen LogP contribution in [0.15, 0.2) is 60.9 Å². The Morgan fingerprint density at radius 3 is 2.72 bits per heavy atom. The minimum atomic E-state index is -0.342. The van der Waals surface area contributed by atoms with Crippen LogP contribution in [0.3, 0.4) is 0 Å². The predicted octanol–water partition coefficient (Wildman–Crippen LogP) is 4.79. The Labute approximate surface area is 226 Å². The number of nitrogens with one attached hydrogen (secondary N) is 2. The molecule has 0 atom stereocenters. The van der Waals surface area contributed by atoms with Crippen LogP contribution in [0.2, 0.25) is 0 Å². The summed E-state index contributed by atoms with van der Waals surface area (Å²) in [6.45, 7) is 3.04. The van der Waals surface area contributed by atoms with Crippen molar-refractivity contribution in [3.63, 3.8) is 0 Å². The number of ether oxygens (including phenoxy) is 1. The number of carbonyl (C=O) groups excluding carboxylic acids is 1. The van der Waals surface area contributed by atoms with E-state index in [4.69, 9.17) is 9.84 Å². The molecule has 4 aromatic rings. The molecule has 39 heavy (non-hydrogen) atoms. The largest absolute Gasteiger partial charge is 0.445 e. The van der Waals surface area contributed by atoms with Crippen LogP contribution < -0.4 is 10.6 Å². The molecule has 1 fully saturated rings. The number of likely N-dealkylation sites (tertiary alicyclic amines) is 1. The first-order chi connectivity index (χ1) is 19.0. The van der Waals surface area contributed by atoms with Crippen LogP contribution in [-0.4, -0.2) is 50.2 Å². The molecule has 1 saturated heterocycles. The molecule has 1 amide bonds. The Morgan fingerprint density at radius 2 is 1.97 bits per heavy atom. The number of halogens is 1. The summed E-state index contributed by atoms with van der Waals surface area (Å²) in [6.07, 6.45) is 5.73. The van der Waals surface area contributed by atoms with Crippen molar-refractivity contribution in [3.05, 3.63) is 83.6 Å². The molecule has 2 aromatic carbocycles. The second-order valence-corrected chi connectivity index (χ2v) is 10.1. The SMILES string of the molecule is Cn1cc(-c2ccc(Nc3nn(C4CCN(C(=O)OCc5ccccc5)CC4)c4c3CNCC4)c(F)c2)cn1. The highest BCUT2D eigenvalue weighted by atomic mass is 19.1. The molecular weight excluding hydrogens is 497 g/mol. The highest BCUT2D eigenvalue weighted by Crippen LogP contribution is 2.33. The number of benzene rings is 2. The van der Waals surface area contributed by atoms with E-state index in [2.05, 4.69) is 20.4 Å². The van der Waals surface area contributed by atoms with Gasteiger partial charge in [-0.05, 0) is 36.1 Å². The summed E-state index contributed by atoms with van der Waals surface area (Å²) in [5, 5.41) is 15.8. The van der Waals surface area contributed by atoms with Crippen molar-refractivity contribution in [1.82, 2.24) is 29.8 Å². The number of aryl methyl sites for hydroxylation is 1.